The summed E-state index contributed by atoms with van der Waals surface area (Å²) >= 11 is 12.5. The number of amides is 1. The van der Waals surface area contributed by atoms with E-state index in [1.807, 2.05) is 0 Å². The van der Waals surface area contributed by atoms with Gasteiger partial charge in [-0.15, -0.1) is 0 Å². The minimum Gasteiger partial charge on any atom is -0.495 e. The number of benzene rings is 1. The maximum absolute atomic E-state index is 11.1. The lowest BCUT2D eigenvalue weighted by molar-refractivity contribution is -0.125. The van der Waals surface area contributed by atoms with E-state index < -0.39 is 0 Å². The molecule has 1 aromatic heterocycles. The summed E-state index contributed by atoms with van der Waals surface area (Å²) in [6.45, 7) is 1.45. The fourth-order valence-corrected chi connectivity index (χ4v) is 3.23. The van der Waals surface area contributed by atoms with Gasteiger partial charge in [-0.25, -0.2) is 4.98 Å². The highest BCUT2D eigenvalue weighted by Gasteiger charge is 2.24. The van der Waals surface area contributed by atoms with Gasteiger partial charge in [-0.2, -0.15) is 4.98 Å². The molecule has 1 fully saturated rings. The van der Waals surface area contributed by atoms with E-state index in [4.69, 9.17) is 32.7 Å². The van der Waals surface area contributed by atoms with Crippen LogP contribution < -0.4 is 15.4 Å². The van der Waals surface area contributed by atoms with Gasteiger partial charge in [0.15, 0.2) is 0 Å². The summed E-state index contributed by atoms with van der Waals surface area (Å²) in [5.74, 6) is 1.39. The number of carbonyl (C=O) groups excluding carboxylic acids is 1. The zero-order valence-corrected chi connectivity index (χ0v) is 16.3. The molecule has 1 aliphatic heterocycles. The molecule has 1 atom stereocenters. The van der Waals surface area contributed by atoms with Crippen LogP contribution >= 0.6 is 23.2 Å². The number of ether oxygens (including phenoxy) is 2. The lowest BCUT2D eigenvalue weighted by Gasteiger charge is -2.31. The van der Waals surface area contributed by atoms with Crippen LogP contribution in [0.3, 0.4) is 0 Å². The molecule has 1 aliphatic rings. The lowest BCUT2D eigenvalue weighted by Crippen LogP contribution is -2.37. The Balaban J connectivity index is 1.89. The molecule has 1 unspecified atom stereocenters. The Hall–Kier alpha value is -2.29. The number of nitrogens with zero attached hydrogens (tertiary/aromatic N) is 3. The van der Waals surface area contributed by atoms with Gasteiger partial charge in [0, 0.05) is 24.2 Å². The van der Waals surface area contributed by atoms with Crippen LogP contribution in [0, 0.1) is 0 Å². The van der Waals surface area contributed by atoms with E-state index in [0.29, 0.717) is 52.9 Å². The van der Waals surface area contributed by atoms with E-state index in [1.54, 1.807) is 31.2 Å². The molecular formula is C17H19Cl2N5O3. The van der Waals surface area contributed by atoms with Crippen LogP contribution in [0.4, 0.5) is 17.5 Å². The monoisotopic (exact) mass is 411 g/mol. The number of rotatable bonds is 6. The third-order valence-electron chi connectivity index (χ3n) is 4.14. The smallest absolute Gasteiger partial charge is 0.229 e. The van der Waals surface area contributed by atoms with Crippen LogP contribution in [-0.2, 0) is 9.53 Å². The molecule has 0 aliphatic carbocycles. The quantitative estimate of drug-likeness (QED) is 0.705. The average Bonchev–Trinajstić information content (AvgIpc) is 2.69. The van der Waals surface area contributed by atoms with Crippen molar-refractivity contribution in [2.75, 3.05) is 44.5 Å². The number of halogens is 2. The van der Waals surface area contributed by atoms with Crippen molar-refractivity contribution in [3.8, 4) is 5.75 Å². The summed E-state index contributed by atoms with van der Waals surface area (Å²) in [4.78, 5) is 21.2. The molecular weight excluding hydrogens is 393 g/mol. The largest absolute Gasteiger partial charge is 0.495 e. The molecule has 0 spiro atoms. The first kappa shape index (κ1) is 19.5. The number of morpholine rings is 1. The Bertz CT molecular complexity index is 836. The van der Waals surface area contributed by atoms with Crippen LogP contribution in [0.5, 0.6) is 5.75 Å². The van der Waals surface area contributed by atoms with Crippen LogP contribution in [0.2, 0.25) is 10.0 Å². The zero-order chi connectivity index (χ0) is 19.4. The number of aromatic nitrogens is 2. The van der Waals surface area contributed by atoms with Crippen molar-refractivity contribution in [1.82, 2.24) is 14.9 Å². The first-order valence-electron chi connectivity index (χ1n) is 8.21. The molecule has 1 amide bonds. The molecule has 2 N–H and O–H groups in total. The van der Waals surface area contributed by atoms with Crippen LogP contribution in [0.25, 0.3) is 0 Å². The summed E-state index contributed by atoms with van der Waals surface area (Å²) < 4.78 is 11.2. The summed E-state index contributed by atoms with van der Waals surface area (Å²) in [5.41, 5.74) is 1.34. The Morgan fingerprint density at radius 1 is 1.37 bits per heavy atom. The number of anilines is 3. The highest BCUT2D eigenvalue weighted by molar-refractivity contribution is 6.32. The van der Waals surface area contributed by atoms with Gasteiger partial charge < -0.3 is 25.0 Å². The first-order valence-corrected chi connectivity index (χ1v) is 8.97. The van der Waals surface area contributed by atoms with Crippen molar-refractivity contribution in [1.29, 1.82) is 0 Å². The molecule has 0 radical (unpaired) electrons. The highest BCUT2D eigenvalue weighted by Crippen LogP contribution is 2.37. The molecule has 10 heteroatoms. The van der Waals surface area contributed by atoms with Gasteiger partial charge in [0.05, 0.1) is 32.1 Å². The minimum absolute atomic E-state index is 0.318. The SMILES string of the molecule is CNc1nc(Nc2cc(Cl)c(C3CN(C=O)CCO3)cc2OC)ncc1Cl. The van der Waals surface area contributed by atoms with Crippen molar-refractivity contribution in [2.24, 2.45) is 0 Å². The number of hydrogen-bond donors (Lipinski definition) is 2. The molecule has 8 nitrogen and oxygen atoms in total. The molecule has 2 heterocycles. The number of nitrogens with one attached hydrogen (secondary N) is 2. The second-order valence-corrected chi connectivity index (χ2v) is 6.61. The Labute approximate surface area is 166 Å². The second kappa shape index (κ2) is 8.60. The second-order valence-electron chi connectivity index (χ2n) is 5.80. The molecule has 1 aromatic carbocycles. The summed E-state index contributed by atoms with van der Waals surface area (Å²) in [6, 6.07) is 3.51. The number of hydrogen-bond acceptors (Lipinski definition) is 7. The highest BCUT2D eigenvalue weighted by atomic mass is 35.5. The third-order valence-corrected chi connectivity index (χ3v) is 4.74. The fourth-order valence-electron chi connectivity index (χ4n) is 2.76. The summed E-state index contributed by atoms with van der Waals surface area (Å²) in [7, 11) is 3.27. The van der Waals surface area contributed by atoms with Gasteiger partial charge in [0.2, 0.25) is 12.4 Å². The lowest BCUT2D eigenvalue weighted by atomic mass is 10.1. The Kier molecular flexibility index (Phi) is 6.20. The third kappa shape index (κ3) is 4.35. The first-order chi connectivity index (χ1) is 13.0. The Morgan fingerprint density at radius 3 is 2.89 bits per heavy atom. The van der Waals surface area contributed by atoms with Crippen molar-refractivity contribution in [2.45, 2.75) is 6.10 Å². The predicted molar refractivity (Wildman–Crippen MR) is 104 cm³/mol. The predicted octanol–water partition coefficient (Wildman–Crippen LogP) is 3.11. The minimum atomic E-state index is -0.318. The molecule has 27 heavy (non-hydrogen) atoms. The van der Waals surface area contributed by atoms with Crippen molar-refractivity contribution >= 4 is 47.1 Å². The Morgan fingerprint density at radius 2 is 2.19 bits per heavy atom. The van der Waals surface area contributed by atoms with Crippen LogP contribution in [0.15, 0.2) is 18.3 Å². The van der Waals surface area contributed by atoms with E-state index in [-0.39, 0.29) is 6.10 Å². The van der Waals surface area contributed by atoms with E-state index in [9.17, 15) is 4.79 Å². The van der Waals surface area contributed by atoms with E-state index in [2.05, 4.69) is 20.6 Å². The van der Waals surface area contributed by atoms with Crippen molar-refractivity contribution in [3.05, 3.63) is 33.9 Å². The van der Waals surface area contributed by atoms with Crippen LogP contribution in [-0.4, -0.2) is 55.1 Å². The normalized spacial score (nSPS) is 16.7. The van der Waals surface area contributed by atoms with Crippen molar-refractivity contribution in [3.63, 3.8) is 0 Å². The van der Waals surface area contributed by atoms with Gasteiger partial charge in [-0.1, -0.05) is 23.2 Å². The molecule has 1 saturated heterocycles. The van der Waals surface area contributed by atoms with Gasteiger partial charge in [0.25, 0.3) is 0 Å². The van der Waals surface area contributed by atoms with Gasteiger partial charge >= 0.3 is 0 Å². The van der Waals surface area contributed by atoms with E-state index in [1.165, 1.54) is 6.20 Å². The zero-order valence-electron chi connectivity index (χ0n) is 14.8. The number of carbonyl (C=O) groups is 1. The van der Waals surface area contributed by atoms with Crippen molar-refractivity contribution < 1.29 is 14.3 Å². The van der Waals surface area contributed by atoms with Gasteiger partial charge in [-0.3, -0.25) is 4.79 Å². The van der Waals surface area contributed by atoms with Crippen LogP contribution in [0.1, 0.15) is 11.7 Å². The maximum Gasteiger partial charge on any atom is 0.229 e. The molecule has 144 valence electrons. The fraction of sp³-hybridized carbons (Fsp3) is 0.353. The van der Waals surface area contributed by atoms with E-state index in [0.717, 1.165) is 12.0 Å². The molecule has 3 rings (SSSR count). The average molecular weight is 412 g/mol. The van der Waals surface area contributed by atoms with E-state index >= 15 is 0 Å². The summed E-state index contributed by atoms with van der Waals surface area (Å²) in [6.07, 6.45) is 1.99. The maximum atomic E-state index is 11.1. The standard InChI is InChI=1S/C17H19Cl2N5O3/c1-20-16-12(19)7-21-17(23-16)22-13-6-11(18)10(5-14(13)26-2)15-8-24(9-25)3-4-27-15/h5-7,9,15H,3-4,8H2,1-2H3,(H2,20,21,22,23). The molecule has 2 aromatic rings. The molecule has 0 saturated carbocycles. The van der Waals surface area contributed by atoms with Gasteiger partial charge in [0.1, 0.15) is 22.7 Å². The molecule has 0 bridgehead atoms. The topological polar surface area (TPSA) is 88.6 Å². The van der Waals surface area contributed by atoms with Gasteiger partial charge in [-0.05, 0) is 12.1 Å². The number of methoxy groups -OCH3 is 1. The summed E-state index contributed by atoms with van der Waals surface area (Å²) in [5, 5.41) is 6.87.